The lowest BCUT2D eigenvalue weighted by Crippen LogP contribution is -2.03. The molecule has 0 aromatic carbocycles. The van der Waals surface area contributed by atoms with Gasteiger partial charge in [0.15, 0.2) is 0 Å². The third-order valence-electron chi connectivity index (χ3n) is 1.78. The predicted octanol–water partition coefficient (Wildman–Crippen LogP) is 1.92. The quantitative estimate of drug-likeness (QED) is 0.704. The molecule has 2 heteroatoms. The monoisotopic (exact) mass is 152 g/mol. The average molecular weight is 152 g/mol. The predicted molar refractivity (Wildman–Crippen MR) is 47.3 cm³/mol. The van der Waals surface area contributed by atoms with Crippen molar-refractivity contribution in [3.8, 4) is 0 Å². The lowest BCUT2D eigenvalue weighted by Gasteiger charge is -2.00. The van der Waals surface area contributed by atoms with E-state index in [0.717, 1.165) is 6.54 Å². The first kappa shape index (κ1) is 8.34. The summed E-state index contributed by atoms with van der Waals surface area (Å²) in [6.45, 7) is 5.27. The minimum Gasteiger partial charge on any atom is -0.354 e. The zero-order valence-corrected chi connectivity index (χ0v) is 7.25. The molecule has 1 atom stereocenters. The summed E-state index contributed by atoms with van der Waals surface area (Å²) in [6.07, 6.45) is 5.38. The topological polar surface area (TPSA) is 30.9 Å². The molecule has 0 aliphatic heterocycles. The highest BCUT2D eigenvalue weighted by molar-refractivity contribution is 5.13. The molecule has 1 rings (SSSR count). The summed E-state index contributed by atoms with van der Waals surface area (Å²) >= 11 is 0. The van der Waals surface area contributed by atoms with Crippen molar-refractivity contribution in [3.63, 3.8) is 0 Å². The first-order valence-corrected chi connectivity index (χ1v) is 4.15. The van der Waals surface area contributed by atoms with Crippen LogP contribution in [0.5, 0.6) is 0 Å². The van der Waals surface area contributed by atoms with Crippen LogP contribution in [0.2, 0.25) is 0 Å². The number of nitrogens with zero attached hydrogens (tertiary/aromatic N) is 1. The fourth-order valence-electron chi connectivity index (χ4n) is 1.13. The van der Waals surface area contributed by atoms with E-state index in [1.54, 1.807) is 0 Å². The third-order valence-corrected chi connectivity index (χ3v) is 1.78. The van der Waals surface area contributed by atoms with Gasteiger partial charge >= 0.3 is 0 Å². The molecular weight excluding hydrogens is 136 g/mol. The molecule has 0 saturated heterocycles. The molecule has 0 radical (unpaired) electrons. The SMILES string of the molecule is CCCn1ccc(C(C)N)c1. The van der Waals surface area contributed by atoms with Gasteiger partial charge in [0.2, 0.25) is 0 Å². The van der Waals surface area contributed by atoms with Crippen molar-refractivity contribution in [1.29, 1.82) is 0 Å². The van der Waals surface area contributed by atoms with E-state index >= 15 is 0 Å². The van der Waals surface area contributed by atoms with Crippen LogP contribution in [0.25, 0.3) is 0 Å². The molecule has 0 spiro atoms. The number of rotatable bonds is 3. The molecule has 1 aromatic heterocycles. The largest absolute Gasteiger partial charge is 0.354 e. The summed E-state index contributed by atoms with van der Waals surface area (Å²) in [7, 11) is 0. The van der Waals surface area contributed by atoms with Crippen LogP contribution in [0.3, 0.4) is 0 Å². The van der Waals surface area contributed by atoms with E-state index in [0.29, 0.717) is 0 Å². The van der Waals surface area contributed by atoms with Gasteiger partial charge in [-0.2, -0.15) is 0 Å². The van der Waals surface area contributed by atoms with E-state index in [2.05, 4.69) is 30.0 Å². The molecule has 62 valence electrons. The Morgan fingerprint density at radius 2 is 2.36 bits per heavy atom. The Labute approximate surface area is 68.0 Å². The molecule has 0 saturated carbocycles. The normalized spacial score (nSPS) is 13.4. The van der Waals surface area contributed by atoms with Crippen LogP contribution >= 0.6 is 0 Å². The van der Waals surface area contributed by atoms with Crippen LogP contribution in [-0.2, 0) is 6.54 Å². The molecule has 0 fully saturated rings. The lowest BCUT2D eigenvalue weighted by molar-refractivity contribution is 0.678. The number of aryl methyl sites for hydroxylation is 1. The van der Waals surface area contributed by atoms with Crippen LogP contribution < -0.4 is 5.73 Å². The maximum Gasteiger partial charge on any atom is 0.0281 e. The van der Waals surface area contributed by atoms with Crippen molar-refractivity contribution in [1.82, 2.24) is 4.57 Å². The highest BCUT2D eigenvalue weighted by atomic mass is 14.9. The van der Waals surface area contributed by atoms with Crippen LogP contribution in [0.15, 0.2) is 18.5 Å². The van der Waals surface area contributed by atoms with E-state index in [9.17, 15) is 0 Å². The highest BCUT2D eigenvalue weighted by Crippen LogP contribution is 2.09. The number of aromatic nitrogens is 1. The Bertz CT molecular complexity index is 213. The van der Waals surface area contributed by atoms with Crippen molar-refractivity contribution in [2.45, 2.75) is 32.9 Å². The van der Waals surface area contributed by atoms with Crippen molar-refractivity contribution < 1.29 is 0 Å². The summed E-state index contributed by atoms with van der Waals surface area (Å²) < 4.78 is 2.18. The summed E-state index contributed by atoms with van der Waals surface area (Å²) in [4.78, 5) is 0. The van der Waals surface area contributed by atoms with Crippen LogP contribution in [0.4, 0.5) is 0 Å². The lowest BCUT2D eigenvalue weighted by atomic mass is 10.2. The number of nitrogens with two attached hydrogens (primary N) is 1. The minimum absolute atomic E-state index is 0.160. The second-order valence-corrected chi connectivity index (χ2v) is 2.97. The molecular formula is C9H16N2. The van der Waals surface area contributed by atoms with Gasteiger partial charge in [-0.15, -0.1) is 0 Å². The average Bonchev–Trinajstić information content (AvgIpc) is 2.37. The molecule has 0 amide bonds. The molecule has 0 aliphatic carbocycles. The summed E-state index contributed by atoms with van der Waals surface area (Å²) in [5.41, 5.74) is 6.93. The van der Waals surface area contributed by atoms with Crippen molar-refractivity contribution in [2.75, 3.05) is 0 Å². The van der Waals surface area contributed by atoms with Gasteiger partial charge in [0.05, 0.1) is 0 Å². The molecule has 11 heavy (non-hydrogen) atoms. The molecule has 2 N–H and O–H groups in total. The fraction of sp³-hybridized carbons (Fsp3) is 0.556. The summed E-state index contributed by atoms with van der Waals surface area (Å²) in [6, 6.07) is 2.24. The maximum atomic E-state index is 5.71. The van der Waals surface area contributed by atoms with Gasteiger partial charge in [0, 0.05) is 25.0 Å². The highest BCUT2D eigenvalue weighted by Gasteiger charge is 1.99. The molecule has 1 unspecified atom stereocenters. The van der Waals surface area contributed by atoms with Gasteiger partial charge < -0.3 is 10.3 Å². The molecule has 1 aromatic rings. The Morgan fingerprint density at radius 3 is 2.82 bits per heavy atom. The van der Waals surface area contributed by atoms with E-state index in [1.165, 1.54) is 12.0 Å². The smallest absolute Gasteiger partial charge is 0.0281 e. The summed E-state index contributed by atoms with van der Waals surface area (Å²) in [5, 5.41) is 0. The standard InChI is InChI=1S/C9H16N2/c1-3-5-11-6-4-9(7-11)8(2)10/h4,6-8H,3,5,10H2,1-2H3. The maximum absolute atomic E-state index is 5.71. The van der Waals surface area contributed by atoms with Crippen molar-refractivity contribution in [3.05, 3.63) is 24.0 Å². The second-order valence-electron chi connectivity index (χ2n) is 2.97. The van der Waals surface area contributed by atoms with Crippen molar-refractivity contribution >= 4 is 0 Å². The molecule has 0 aliphatic rings. The molecule has 2 nitrogen and oxygen atoms in total. The number of hydrogen-bond acceptors (Lipinski definition) is 1. The summed E-state index contributed by atoms with van der Waals surface area (Å²) in [5.74, 6) is 0. The molecule has 0 bridgehead atoms. The van der Waals surface area contributed by atoms with Gasteiger partial charge in [0.25, 0.3) is 0 Å². The van der Waals surface area contributed by atoms with E-state index in [4.69, 9.17) is 5.73 Å². The Morgan fingerprint density at radius 1 is 1.64 bits per heavy atom. The zero-order chi connectivity index (χ0) is 8.27. The van der Waals surface area contributed by atoms with Crippen molar-refractivity contribution in [2.24, 2.45) is 5.73 Å². The Hall–Kier alpha value is -0.760. The Balaban J connectivity index is 2.66. The van der Waals surface area contributed by atoms with E-state index in [1.807, 2.05) is 6.92 Å². The van der Waals surface area contributed by atoms with Gasteiger partial charge in [0.1, 0.15) is 0 Å². The van der Waals surface area contributed by atoms with Gasteiger partial charge in [-0.1, -0.05) is 6.92 Å². The zero-order valence-electron chi connectivity index (χ0n) is 7.25. The van der Waals surface area contributed by atoms with Gasteiger partial charge in [-0.25, -0.2) is 0 Å². The van der Waals surface area contributed by atoms with Crippen LogP contribution in [-0.4, -0.2) is 4.57 Å². The first-order valence-electron chi connectivity index (χ1n) is 4.15. The third kappa shape index (κ3) is 2.09. The van der Waals surface area contributed by atoms with E-state index in [-0.39, 0.29) is 6.04 Å². The molecule has 1 heterocycles. The van der Waals surface area contributed by atoms with Gasteiger partial charge in [-0.05, 0) is 25.0 Å². The van der Waals surface area contributed by atoms with E-state index < -0.39 is 0 Å². The Kier molecular flexibility index (Phi) is 2.71. The fourth-order valence-corrected chi connectivity index (χ4v) is 1.13. The van der Waals surface area contributed by atoms with Crippen LogP contribution in [0.1, 0.15) is 31.9 Å². The number of hydrogen-bond donors (Lipinski definition) is 1. The second kappa shape index (κ2) is 3.58. The first-order chi connectivity index (χ1) is 5.24. The van der Waals surface area contributed by atoms with Crippen LogP contribution in [0, 0.1) is 0 Å². The van der Waals surface area contributed by atoms with Gasteiger partial charge in [-0.3, -0.25) is 0 Å². The minimum atomic E-state index is 0.160.